The van der Waals surface area contributed by atoms with E-state index in [2.05, 4.69) is 24.9 Å². The molecule has 0 amide bonds. The summed E-state index contributed by atoms with van der Waals surface area (Å²) in [6, 6.07) is 6.13. The van der Waals surface area contributed by atoms with E-state index in [1.54, 1.807) is 0 Å². The summed E-state index contributed by atoms with van der Waals surface area (Å²) in [7, 11) is 0. The second kappa shape index (κ2) is 5.23. The largest absolute Gasteiger partial charge is 0.486 e. The molecule has 0 spiro atoms. The number of nitrogens with one attached hydrogen (secondary N) is 1. The molecule has 0 bridgehead atoms. The minimum atomic E-state index is 0.122. The van der Waals surface area contributed by atoms with Crippen molar-refractivity contribution in [3.8, 4) is 11.5 Å². The van der Waals surface area contributed by atoms with Crippen molar-refractivity contribution in [2.45, 2.75) is 19.9 Å². The van der Waals surface area contributed by atoms with Gasteiger partial charge in [-0.25, -0.2) is 0 Å². The van der Waals surface area contributed by atoms with Crippen LogP contribution in [-0.4, -0.2) is 19.8 Å². The number of para-hydroxylation sites is 1. The Labute approximate surface area is 102 Å². The molecule has 0 aromatic heterocycles. The van der Waals surface area contributed by atoms with Crippen LogP contribution in [-0.2, 0) is 0 Å². The Morgan fingerprint density at radius 2 is 2.18 bits per heavy atom. The molecule has 1 aliphatic heterocycles. The van der Waals surface area contributed by atoms with E-state index in [4.69, 9.17) is 9.47 Å². The van der Waals surface area contributed by atoms with Crippen LogP contribution in [0, 0.1) is 0 Å². The van der Waals surface area contributed by atoms with Gasteiger partial charge in [-0.05, 0) is 19.5 Å². The monoisotopic (exact) mass is 233 g/mol. The van der Waals surface area contributed by atoms with Crippen molar-refractivity contribution in [2.24, 2.45) is 0 Å². The number of likely N-dealkylation sites (N-methyl/N-ethyl adjacent to an activating group) is 1. The van der Waals surface area contributed by atoms with Crippen LogP contribution in [0.4, 0.5) is 0 Å². The third kappa shape index (κ3) is 2.44. The van der Waals surface area contributed by atoms with Gasteiger partial charge < -0.3 is 14.8 Å². The van der Waals surface area contributed by atoms with Gasteiger partial charge in [-0.3, -0.25) is 0 Å². The number of benzene rings is 1. The highest BCUT2D eigenvalue weighted by molar-refractivity contribution is 5.50. The van der Waals surface area contributed by atoms with E-state index in [1.807, 2.05) is 19.1 Å². The van der Waals surface area contributed by atoms with Crippen LogP contribution in [0.1, 0.15) is 25.5 Å². The molecule has 0 saturated carbocycles. The zero-order valence-corrected chi connectivity index (χ0v) is 10.5. The van der Waals surface area contributed by atoms with Gasteiger partial charge in [-0.2, -0.15) is 0 Å². The first-order chi connectivity index (χ1) is 8.24. The summed E-state index contributed by atoms with van der Waals surface area (Å²) in [6.07, 6.45) is 0. The number of hydrogen-bond donors (Lipinski definition) is 1. The lowest BCUT2D eigenvalue weighted by molar-refractivity contribution is 0.169. The highest BCUT2D eigenvalue weighted by Crippen LogP contribution is 2.38. The van der Waals surface area contributed by atoms with Gasteiger partial charge >= 0.3 is 0 Å². The first-order valence-electron chi connectivity index (χ1n) is 6.01. The molecular weight excluding hydrogens is 214 g/mol. The molecule has 0 saturated heterocycles. The predicted octanol–water partition coefficient (Wildman–Crippen LogP) is 2.68. The molecule has 0 aliphatic carbocycles. The maximum Gasteiger partial charge on any atom is 0.166 e. The third-order valence-corrected chi connectivity index (χ3v) is 2.81. The lowest BCUT2D eigenvalue weighted by atomic mass is 9.99. The molecule has 92 valence electrons. The van der Waals surface area contributed by atoms with Gasteiger partial charge in [-0.15, -0.1) is 0 Å². The second-order valence-electron chi connectivity index (χ2n) is 4.21. The van der Waals surface area contributed by atoms with Gasteiger partial charge in [0.25, 0.3) is 0 Å². The average molecular weight is 233 g/mol. The summed E-state index contributed by atoms with van der Waals surface area (Å²) in [5.74, 6) is 1.69. The fourth-order valence-electron chi connectivity index (χ4n) is 2.08. The molecule has 1 unspecified atom stereocenters. The van der Waals surface area contributed by atoms with Crippen LogP contribution in [0.15, 0.2) is 30.4 Å². The van der Waals surface area contributed by atoms with Crippen molar-refractivity contribution < 1.29 is 9.47 Å². The third-order valence-electron chi connectivity index (χ3n) is 2.81. The Balaban J connectivity index is 2.39. The van der Waals surface area contributed by atoms with Crippen molar-refractivity contribution in [2.75, 3.05) is 19.8 Å². The number of rotatable bonds is 4. The number of ether oxygens (including phenoxy) is 2. The molecule has 1 aromatic rings. The molecule has 1 atom stereocenters. The molecule has 0 fully saturated rings. The minimum Gasteiger partial charge on any atom is -0.486 e. The van der Waals surface area contributed by atoms with Crippen LogP contribution in [0.25, 0.3) is 0 Å². The van der Waals surface area contributed by atoms with Crippen LogP contribution < -0.4 is 14.8 Å². The summed E-state index contributed by atoms with van der Waals surface area (Å²) < 4.78 is 11.3. The van der Waals surface area contributed by atoms with E-state index >= 15 is 0 Å². The average Bonchev–Trinajstić information content (AvgIpc) is 2.35. The molecule has 3 heteroatoms. The highest BCUT2D eigenvalue weighted by atomic mass is 16.6. The number of fused-ring (bicyclic) bond motifs is 1. The smallest absolute Gasteiger partial charge is 0.166 e. The summed E-state index contributed by atoms with van der Waals surface area (Å²) in [5, 5.41) is 3.41. The Bertz CT molecular complexity index is 415. The van der Waals surface area contributed by atoms with Gasteiger partial charge in [0.2, 0.25) is 0 Å². The van der Waals surface area contributed by atoms with Crippen molar-refractivity contribution in [1.29, 1.82) is 0 Å². The first-order valence-corrected chi connectivity index (χ1v) is 6.01. The van der Waals surface area contributed by atoms with Crippen LogP contribution in [0.3, 0.4) is 0 Å². The van der Waals surface area contributed by atoms with Gasteiger partial charge in [0, 0.05) is 5.56 Å². The molecule has 1 aromatic carbocycles. The van der Waals surface area contributed by atoms with Crippen LogP contribution >= 0.6 is 0 Å². The molecule has 1 heterocycles. The normalized spacial score (nSPS) is 15.4. The summed E-state index contributed by atoms with van der Waals surface area (Å²) in [4.78, 5) is 0. The second-order valence-corrected chi connectivity index (χ2v) is 4.21. The summed E-state index contributed by atoms with van der Waals surface area (Å²) in [6.45, 7) is 10.3. The van der Waals surface area contributed by atoms with E-state index in [9.17, 15) is 0 Å². The van der Waals surface area contributed by atoms with E-state index < -0.39 is 0 Å². The van der Waals surface area contributed by atoms with E-state index in [1.165, 1.54) is 0 Å². The van der Waals surface area contributed by atoms with E-state index in [0.717, 1.165) is 29.2 Å². The Kier molecular flexibility index (Phi) is 3.69. The molecular formula is C14H19NO2. The highest BCUT2D eigenvalue weighted by Gasteiger charge is 2.21. The molecule has 0 radical (unpaired) electrons. The molecule has 17 heavy (non-hydrogen) atoms. The summed E-state index contributed by atoms with van der Waals surface area (Å²) in [5.41, 5.74) is 2.19. The van der Waals surface area contributed by atoms with Gasteiger partial charge in [0.1, 0.15) is 13.2 Å². The summed E-state index contributed by atoms with van der Waals surface area (Å²) >= 11 is 0. The minimum absolute atomic E-state index is 0.122. The Morgan fingerprint density at radius 3 is 2.88 bits per heavy atom. The van der Waals surface area contributed by atoms with Crippen LogP contribution in [0.5, 0.6) is 11.5 Å². The Hall–Kier alpha value is -1.48. The van der Waals surface area contributed by atoms with Crippen molar-refractivity contribution in [1.82, 2.24) is 5.32 Å². The fraction of sp³-hybridized carbons (Fsp3) is 0.429. The zero-order valence-electron chi connectivity index (χ0n) is 10.5. The van der Waals surface area contributed by atoms with Crippen LogP contribution in [0.2, 0.25) is 0 Å². The number of hydrogen-bond acceptors (Lipinski definition) is 3. The van der Waals surface area contributed by atoms with Gasteiger partial charge in [0.15, 0.2) is 11.5 Å². The topological polar surface area (TPSA) is 30.5 Å². The van der Waals surface area contributed by atoms with Crippen molar-refractivity contribution in [3.05, 3.63) is 35.9 Å². The molecule has 3 nitrogen and oxygen atoms in total. The van der Waals surface area contributed by atoms with Gasteiger partial charge in [-0.1, -0.05) is 31.2 Å². The zero-order chi connectivity index (χ0) is 12.3. The predicted molar refractivity (Wildman–Crippen MR) is 68.7 cm³/mol. The fourth-order valence-corrected chi connectivity index (χ4v) is 2.08. The first kappa shape index (κ1) is 12.0. The molecule has 1 aliphatic rings. The lowest BCUT2D eigenvalue weighted by Gasteiger charge is -2.26. The maximum atomic E-state index is 5.73. The SMILES string of the molecule is C=C(C)C(NCC)c1cccc2c1OCCO2. The lowest BCUT2D eigenvalue weighted by Crippen LogP contribution is -2.24. The van der Waals surface area contributed by atoms with E-state index in [0.29, 0.717) is 13.2 Å². The quantitative estimate of drug-likeness (QED) is 0.811. The standard InChI is InChI=1S/C14H19NO2/c1-4-15-13(10(2)3)11-6-5-7-12-14(11)17-9-8-16-12/h5-7,13,15H,2,4,8-9H2,1,3H3. The molecule has 2 rings (SSSR count). The van der Waals surface area contributed by atoms with Crippen molar-refractivity contribution >= 4 is 0 Å². The van der Waals surface area contributed by atoms with Crippen molar-refractivity contribution in [3.63, 3.8) is 0 Å². The maximum absolute atomic E-state index is 5.73. The molecule has 1 N–H and O–H groups in total. The Morgan fingerprint density at radius 1 is 1.41 bits per heavy atom. The van der Waals surface area contributed by atoms with E-state index in [-0.39, 0.29) is 6.04 Å². The van der Waals surface area contributed by atoms with Gasteiger partial charge in [0.05, 0.1) is 6.04 Å².